The van der Waals surface area contributed by atoms with Gasteiger partial charge in [-0.15, -0.1) is 0 Å². The van der Waals surface area contributed by atoms with Gasteiger partial charge in [0, 0.05) is 10.6 Å². The summed E-state index contributed by atoms with van der Waals surface area (Å²) in [6, 6.07) is 10.2. The molecule has 4 nitrogen and oxygen atoms in total. The standard InChI is InChI=1S/C16H8Cl3FN2O2/c17-8-2-1-3-9(4-8)22-15(16(23)24)7-14(21-22)10-5-13(20)12(19)6-11(10)18/h1-7H,(H,23,24). The van der Waals surface area contributed by atoms with E-state index in [4.69, 9.17) is 34.8 Å². The quantitative estimate of drug-likeness (QED) is 0.619. The van der Waals surface area contributed by atoms with Crippen LogP contribution >= 0.6 is 34.8 Å². The van der Waals surface area contributed by atoms with E-state index in [1.807, 2.05) is 0 Å². The summed E-state index contributed by atoms with van der Waals surface area (Å²) in [7, 11) is 0. The third-order valence-corrected chi connectivity index (χ3v) is 4.10. The fourth-order valence-electron chi connectivity index (χ4n) is 2.19. The highest BCUT2D eigenvalue weighted by atomic mass is 35.5. The molecule has 8 heteroatoms. The van der Waals surface area contributed by atoms with Gasteiger partial charge in [-0.3, -0.25) is 0 Å². The van der Waals surface area contributed by atoms with E-state index in [1.165, 1.54) is 16.8 Å². The van der Waals surface area contributed by atoms with Gasteiger partial charge in [0.25, 0.3) is 0 Å². The SMILES string of the molecule is O=C(O)c1cc(-c2cc(F)c(Cl)cc2Cl)nn1-c1cccc(Cl)c1. The van der Waals surface area contributed by atoms with Crippen LogP contribution in [-0.4, -0.2) is 20.9 Å². The van der Waals surface area contributed by atoms with Crippen molar-refractivity contribution in [2.75, 3.05) is 0 Å². The van der Waals surface area contributed by atoms with Crippen molar-refractivity contribution in [2.24, 2.45) is 0 Å². The second-order valence-electron chi connectivity index (χ2n) is 4.86. The minimum atomic E-state index is -1.20. The fourth-order valence-corrected chi connectivity index (χ4v) is 2.85. The van der Waals surface area contributed by atoms with Crippen LogP contribution in [0.15, 0.2) is 42.5 Å². The molecule has 122 valence electrons. The first-order chi connectivity index (χ1) is 11.4. The molecule has 1 heterocycles. The summed E-state index contributed by atoms with van der Waals surface area (Å²) in [5, 5.41) is 14.1. The summed E-state index contributed by atoms with van der Waals surface area (Å²) in [4.78, 5) is 11.5. The second-order valence-corrected chi connectivity index (χ2v) is 6.11. The molecule has 24 heavy (non-hydrogen) atoms. The lowest BCUT2D eigenvalue weighted by Crippen LogP contribution is -2.07. The smallest absolute Gasteiger partial charge is 0.354 e. The molecule has 3 aromatic rings. The van der Waals surface area contributed by atoms with Gasteiger partial charge in [-0.25, -0.2) is 13.9 Å². The number of hydrogen-bond donors (Lipinski definition) is 1. The number of aromatic carboxylic acids is 1. The van der Waals surface area contributed by atoms with Crippen molar-refractivity contribution < 1.29 is 14.3 Å². The van der Waals surface area contributed by atoms with Crippen LogP contribution in [0, 0.1) is 5.82 Å². The Morgan fingerprint density at radius 1 is 1.08 bits per heavy atom. The highest BCUT2D eigenvalue weighted by molar-refractivity contribution is 6.36. The summed E-state index contributed by atoms with van der Waals surface area (Å²) in [6.07, 6.45) is 0. The minimum absolute atomic E-state index is 0.112. The largest absolute Gasteiger partial charge is 0.477 e. The van der Waals surface area contributed by atoms with Crippen LogP contribution < -0.4 is 0 Å². The third-order valence-electron chi connectivity index (χ3n) is 3.27. The molecule has 0 saturated carbocycles. The molecular weight excluding hydrogens is 378 g/mol. The van der Waals surface area contributed by atoms with Crippen LogP contribution in [0.5, 0.6) is 0 Å². The highest BCUT2D eigenvalue weighted by Crippen LogP contribution is 2.32. The van der Waals surface area contributed by atoms with E-state index in [0.29, 0.717) is 10.7 Å². The maximum absolute atomic E-state index is 13.7. The second kappa shape index (κ2) is 6.43. The molecule has 3 rings (SSSR count). The zero-order chi connectivity index (χ0) is 17.4. The highest BCUT2D eigenvalue weighted by Gasteiger charge is 2.19. The minimum Gasteiger partial charge on any atom is -0.477 e. The molecule has 0 unspecified atom stereocenters. The van der Waals surface area contributed by atoms with Crippen molar-refractivity contribution >= 4 is 40.8 Å². The average molecular weight is 386 g/mol. The van der Waals surface area contributed by atoms with Crippen molar-refractivity contribution in [2.45, 2.75) is 0 Å². The molecule has 1 aromatic heterocycles. The van der Waals surface area contributed by atoms with Gasteiger partial charge in [-0.05, 0) is 36.4 Å². The van der Waals surface area contributed by atoms with E-state index in [1.54, 1.807) is 24.3 Å². The van der Waals surface area contributed by atoms with E-state index >= 15 is 0 Å². The summed E-state index contributed by atoms with van der Waals surface area (Å²) < 4.78 is 14.9. The first kappa shape index (κ1) is 16.8. The van der Waals surface area contributed by atoms with Crippen molar-refractivity contribution in [3.8, 4) is 16.9 Å². The lowest BCUT2D eigenvalue weighted by Gasteiger charge is -2.05. The first-order valence-corrected chi connectivity index (χ1v) is 7.74. The van der Waals surface area contributed by atoms with E-state index in [2.05, 4.69) is 5.10 Å². The summed E-state index contributed by atoms with van der Waals surface area (Å²) in [5.74, 6) is -1.87. The Morgan fingerprint density at radius 2 is 1.83 bits per heavy atom. The van der Waals surface area contributed by atoms with Gasteiger partial charge < -0.3 is 5.11 Å². The number of halogens is 4. The van der Waals surface area contributed by atoms with Gasteiger partial charge in [0.1, 0.15) is 5.82 Å². The van der Waals surface area contributed by atoms with Crippen LogP contribution in [-0.2, 0) is 0 Å². The monoisotopic (exact) mass is 384 g/mol. The van der Waals surface area contributed by atoms with Crippen molar-refractivity contribution in [3.05, 3.63) is 69.0 Å². The fraction of sp³-hybridized carbons (Fsp3) is 0. The lowest BCUT2D eigenvalue weighted by atomic mass is 10.1. The zero-order valence-corrected chi connectivity index (χ0v) is 14.1. The predicted molar refractivity (Wildman–Crippen MR) is 90.9 cm³/mol. The maximum atomic E-state index is 13.7. The number of carboxylic acids is 1. The molecular formula is C16H8Cl3FN2O2. The van der Waals surface area contributed by atoms with Gasteiger partial charge in [0.05, 0.1) is 21.4 Å². The normalized spacial score (nSPS) is 10.8. The average Bonchev–Trinajstić information content (AvgIpc) is 2.96. The van der Waals surface area contributed by atoms with Crippen LogP contribution in [0.25, 0.3) is 16.9 Å². The summed E-state index contributed by atoms with van der Waals surface area (Å²) in [6.45, 7) is 0. The Kier molecular flexibility index (Phi) is 4.49. The molecule has 0 spiro atoms. The Balaban J connectivity index is 2.20. The molecule has 2 aromatic carbocycles. The zero-order valence-electron chi connectivity index (χ0n) is 11.8. The Bertz CT molecular complexity index is 956. The van der Waals surface area contributed by atoms with Crippen molar-refractivity contribution in [3.63, 3.8) is 0 Å². The molecule has 1 N–H and O–H groups in total. The van der Waals surface area contributed by atoms with Crippen molar-refractivity contribution in [1.29, 1.82) is 0 Å². The number of hydrogen-bond acceptors (Lipinski definition) is 2. The molecule has 0 aliphatic rings. The molecule has 0 atom stereocenters. The Labute approximate surface area is 151 Å². The Hall–Kier alpha value is -2.08. The number of carboxylic acid groups (broad SMARTS) is 1. The molecule has 0 aliphatic carbocycles. The summed E-state index contributed by atoms with van der Waals surface area (Å²) >= 11 is 17.7. The lowest BCUT2D eigenvalue weighted by molar-refractivity contribution is 0.0687. The number of aromatic nitrogens is 2. The van der Waals surface area contributed by atoms with Crippen LogP contribution in [0.3, 0.4) is 0 Å². The molecule has 0 aliphatic heterocycles. The molecule has 0 radical (unpaired) electrons. The van der Waals surface area contributed by atoms with Crippen LogP contribution in [0.2, 0.25) is 15.1 Å². The van der Waals surface area contributed by atoms with E-state index in [-0.39, 0.29) is 27.0 Å². The maximum Gasteiger partial charge on any atom is 0.354 e. The van der Waals surface area contributed by atoms with Crippen LogP contribution in [0.4, 0.5) is 4.39 Å². The third kappa shape index (κ3) is 3.11. The van der Waals surface area contributed by atoms with Gasteiger partial charge >= 0.3 is 5.97 Å². The number of nitrogens with zero attached hydrogens (tertiary/aromatic N) is 2. The molecule has 0 fully saturated rings. The van der Waals surface area contributed by atoms with Crippen LogP contribution in [0.1, 0.15) is 10.5 Å². The van der Waals surface area contributed by atoms with Crippen molar-refractivity contribution in [1.82, 2.24) is 9.78 Å². The first-order valence-electron chi connectivity index (χ1n) is 6.61. The van der Waals surface area contributed by atoms with Gasteiger partial charge in [-0.1, -0.05) is 40.9 Å². The molecule has 0 bridgehead atoms. The van der Waals surface area contributed by atoms with E-state index < -0.39 is 11.8 Å². The predicted octanol–water partition coefficient (Wildman–Crippen LogP) is 5.34. The van der Waals surface area contributed by atoms with Gasteiger partial charge in [0.2, 0.25) is 0 Å². The topological polar surface area (TPSA) is 55.1 Å². The number of carbonyl (C=O) groups is 1. The van der Waals surface area contributed by atoms with Gasteiger partial charge in [-0.2, -0.15) is 5.10 Å². The van der Waals surface area contributed by atoms with Gasteiger partial charge in [0.15, 0.2) is 5.69 Å². The number of benzene rings is 2. The Morgan fingerprint density at radius 3 is 2.50 bits per heavy atom. The molecule has 0 saturated heterocycles. The van der Waals surface area contributed by atoms with E-state index in [9.17, 15) is 14.3 Å². The molecule has 0 amide bonds. The van der Waals surface area contributed by atoms with E-state index in [0.717, 1.165) is 6.07 Å². The summed E-state index contributed by atoms with van der Waals surface area (Å²) in [5.41, 5.74) is 0.783. The number of rotatable bonds is 3.